The number of rotatable bonds is 1. The molecule has 5 aromatic carbocycles. The molecule has 0 N–H and O–H groups in total. The topological polar surface area (TPSA) is 43.6 Å². The molecule has 0 saturated heterocycles. The lowest BCUT2D eigenvalue weighted by Crippen LogP contribution is -2.56. The number of furan rings is 1. The third-order valence-corrected chi connectivity index (χ3v) is 8.35. The van der Waals surface area contributed by atoms with Gasteiger partial charge in [-0.05, 0) is 55.3 Å². The van der Waals surface area contributed by atoms with Gasteiger partial charge in [0, 0.05) is 10.8 Å². The van der Waals surface area contributed by atoms with Crippen molar-refractivity contribution in [2.24, 2.45) is 0 Å². The van der Waals surface area contributed by atoms with Crippen LogP contribution in [0.3, 0.4) is 0 Å². The van der Waals surface area contributed by atoms with Crippen molar-refractivity contribution < 1.29 is 8.83 Å². The molecule has 3 aromatic heterocycles. The number of imidazole rings is 1. The minimum atomic E-state index is 0.0586. The van der Waals surface area contributed by atoms with E-state index in [2.05, 4.69) is 85.8 Å². The van der Waals surface area contributed by atoms with E-state index in [4.69, 9.17) is 13.8 Å². The van der Waals surface area contributed by atoms with E-state index < -0.39 is 0 Å². The molecule has 0 fully saturated rings. The van der Waals surface area contributed by atoms with E-state index in [0.717, 1.165) is 43.9 Å². The predicted molar refractivity (Wildman–Crippen MR) is 153 cm³/mol. The second-order valence-corrected chi connectivity index (χ2v) is 10.6. The van der Waals surface area contributed by atoms with Crippen LogP contribution in [0, 0.1) is 20.8 Å². The largest absolute Gasteiger partial charge is 0.456 e. The fraction of sp³-hybridized carbons (Fsp3) is 0.0938. The second kappa shape index (κ2) is 6.43. The number of nitrogens with zero attached hydrogens (tertiary/aromatic N) is 2. The average Bonchev–Trinajstić information content (AvgIpc) is 3.44. The van der Waals surface area contributed by atoms with E-state index in [0.29, 0.717) is 5.84 Å². The van der Waals surface area contributed by atoms with Crippen LogP contribution in [0.5, 0.6) is 0 Å². The van der Waals surface area contributed by atoms with Crippen molar-refractivity contribution in [1.29, 1.82) is 0 Å². The Bertz CT molecular complexity index is 2280. The van der Waals surface area contributed by atoms with E-state index in [9.17, 15) is 0 Å². The minimum Gasteiger partial charge on any atom is -0.456 e. The number of hydrogen-bond donors (Lipinski definition) is 0. The normalized spacial score (nSPS) is 13.2. The quantitative estimate of drug-likeness (QED) is 0.271. The zero-order valence-corrected chi connectivity index (χ0v) is 20.7. The molecule has 0 atom stereocenters. The summed E-state index contributed by atoms with van der Waals surface area (Å²) in [5.41, 5.74) is 13.6. The summed E-state index contributed by atoms with van der Waals surface area (Å²) in [5.74, 6) is 0.622. The fourth-order valence-electron chi connectivity index (χ4n) is 7.08. The summed E-state index contributed by atoms with van der Waals surface area (Å²) < 4.78 is 15.2. The monoisotopic (exact) mass is 476 g/mol. The van der Waals surface area contributed by atoms with Crippen LogP contribution in [0.25, 0.3) is 60.7 Å². The Hall–Kier alpha value is -4.51. The van der Waals surface area contributed by atoms with Gasteiger partial charge in [0.05, 0.1) is 16.4 Å². The summed E-state index contributed by atoms with van der Waals surface area (Å²) in [4.78, 5) is 5.15. The molecule has 0 saturated carbocycles. The van der Waals surface area contributed by atoms with Gasteiger partial charge in [-0.1, -0.05) is 76.8 Å². The molecule has 0 bridgehead atoms. The average molecular weight is 476 g/mol. The Kier molecular flexibility index (Phi) is 3.42. The van der Waals surface area contributed by atoms with Gasteiger partial charge in [-0.2, -0.15) is 4.98 Å². The molecule has 0 radical (unpaired) electrons. The van der Waals surface area contributed by atoms with Crippen LogP contribution in [0.15, 0.2) is 81.6 Å². The van der Waals surface area contributed by atoms with Gasteiger partial charge in [0.15, 0.2) is 0 Å². The predicted octanol–water partition coefficient (Wildman–Crippen LogP) is 6.04. The number of para-hydroxylation sites is 1. The van der Waals surface area contributed by atoms with Crippen molar-refractivity contribution in [2.45, 2.75) is 20.8 Å². The number of aryl methyl sites for hydroxylation is 3. The van der Waals surface area contributed by atoms with E-state index in [-0.39, 0.29) is 6.71 Å². The van der Waals surface area contributed by atoms with Gasteiger partial charge in [0.25, 0.3) is 0 Å². The van der Waals surface area contributed by atoms with Crippen molar-refractivity contribution in [3.8, 4) is 0 Å². The van der Waals surface area contributed by atoms with Crippen molar-refractivity contribution >= 4 is 83.8 Å². The summed E-state index contributed by atoms with van der Waals surface area (Å²) >= 11 is 0. The lowest BCUT2D eigenvalue weighted by atomic mass is 9.34. The lowest BCUT2D eigenvalue weighted by molar-refractivity contribution is 0.624. The highest BCUT2D eigenvalue weighted by molar-refractivity contribution is 6.99. The number of hydrogen-bond acceptors (Lipinski definition) is 3. The Labute approximate surface area is 212 Å². The number of benzene rings is 5. The SMILES string of the molecule is Cc1cc(C)c(B2c3cc4oc5ccccc5c4c4nc5oc6cccc7ccc2c(c76)n5c34)c(C)c1. The van der Waals surface area contributed by atoms with Gasteiger partial charge in [-0.25, -0.2) is 0 Å². The molecular weight excluding hydrogens is 455 g/mol. The van der Waals surface area contributed by atoms with Crippen LogP contribution in [-0.2, 0) is 0 Å². The second-order valence-electron chi connectivity index (χ2n) is 10.6. The Morgan fingerprint density at radius 1 is 0.703 bits per heavy atom. The highest BCUT2D eigenvalue weighted by Crippen LogP contribution is 2.38. The molecule has 8 aromatic rings. The standard InChI is InChI=1S/C32H21BN2O2/c1-16-13-17(2)28(18(3)14-16)33-21-12-11-19-7-6-10-24-26(19)30(21)35-31-22(33)15-25-27(29(31)34-32(35)37-24)20-8-4-5-9-23(20)36-25/h4-15H,1-3H3. The van der Waals surface area contributed by atoms with Gasteiger partial charge in [-0.15, -0.1) is 0 Å². The molecule has 4 heterocycles. The third kappa shape index (κ3) is 2.29. The number of fused-ring (bicyclic) bond motifs is 4. The minimum absolute atomic E-state index is 0.0586. The van der Waals surface area contributed by atoms with Gasteiger partial charge < -0.3 is 8.83 Å². The molecule has 1 aliphatic heterocycles. The summed E-state index contributed by atoms with van der Waals surface area (Å²) in [6.45, 7) is 6.71. The maximum Gasteiger partial charge on any atom is 0.307 e. The van der Waals surface area contributed by atoms with E-state index >= 15 is 0 Å². The molecule has 0 aliphatic carbocycles. The van der Waals surface area contributed by atoms with Crippen LogP contribution in [0.4, 0.5) is 0 Å². The smallest absolute Gasteiger partial charge is 0.307 e. The maximum atomic E-state index is 6.48. The summed E-state index contributed by atoms with van der Waals surface area (Å²) in [7, 11) is 0. The first-order valence-corrected chi connectivity index (χ1v) is 12.8. The molecule has 4 nitrogen and oxygen atoms in total. The van der Waals surface area contributed by atoms with Crippen LogP contribution < -0.4 is 16.4 Å². The fourth-order valence-corrected chi connectivity index (χ4v) is 7.08. The lowest BCUT2D eigenvalue weighted by Gasteiger charge is -2.27. The molecule has 174 valence electrons. The Morgan fingerprint density at radius 2 is 1.51 bits per heavy atom. The number of aromatic nitrogens is 2. The van der Waals surface area contributed by atoms with Gasteiger partial charge >= 0.3 is 5.84 Å². The Balaban J connectivity index is 1.60. The Morgan fingerprint density at radius 3 is 2.38 bits per heavy atom. The first-order chi connectivity index (χ1) is 18.1. The van der Waals surface area contributed by atoms with E-state index in [1.54, 1.807) is 0 Å². The van der Waals surface area contributed by atoms with Crippen molar-refractivity contribution in [3.63, 3.8) is 0 Å². The zero-order valence-electron chi connectivity index (χ0n) is 20.7. The molecule has 0 unspecified atom stereocenters. The van der Waals surface area contributed by atoms with Crippen molar-refractivity contribution in [3.05, 3.63) is 89.5 Å². The zero-order chi connectivity index (χ0) is 24.6. The first kappa shape index (κ1) is 19.7. The molecular formula is C32H21BN2O2. The summed E-state index contributed by atoms with van der Waals surface area (Å²) in [6, 6.07) is 25.9. The third-order valence-electron chi connectivity index (χ3n) is 8.35. The van der Waals surface area contributed by atoms with Gasteiger partial charge in [-0.3, -0.25) is 4.40 Å². The van der Waals surface area contributed by atoms with Crippen LogP contribution in [0.2, 0.25) is 0 Å². The highest BCUT2D eigenvalue weighted by atomic mass is 16.3. The van der Waals surface area contributed by atoms with Crippen molar-refractivity contribution in [1.82, 2.24) is 9.38 Å². The molecule has 1 aliphatic rings. The van der Waals surface area contributed by atoms with Crippen molar-refractivity contribution in [2.75, 3.05) is 0 Å². The van der Waals surface area contributed by atoms with Gasteiger partial charge in [0.1, 0.15) is 22.3 Å². The van der Waals surface area contributed by atoms with E-state index in [1.807, 2.05) is 12.1 Å². The first-order valence-electron chi connectivity index (χ1n) is 12.8. The molecule has 5 heteroatoms. The summed E-state index contributed by atoms with van der Waals surface area (Å²) in [5, 5.41) is 4.47. The highest BCUT2D eigenvalue weighted by Gasteiger charge is 2.36. The molecule has 0 spiro atoms. The van der Waals surface area contributed by atoms with E-state index in [1.165, 1.54) is 44.0 Å². The van der Waals surface area contributed by atoms with Crippen LogP contribution in [-0.4, -0.2) is 16.1 Å². The van der Waals surface area contributed by atoms with Crippen LogP contribution in [0.1, 0.15) is 16.7 Å². The maximum absolute atomic E-state index is 6.48. The van der Waals surface area contributed by atoms with Gasteiger partial charge in [0.2, 0.25) is 6.71 Å². The molecule has 9 rings (SSSR count). The molecule has 37 heavy (non-hydrogen) atoms. The summed E-state index contributed by atoms with van der Waals surface area (Å²) in [6.07, 6.45) is 0. The molecule has 0 amide bonds. The van der Waals surface area contributed by atoms with Crippen LogP contribution >= 0.6 is 0 Å².